The molecule has 0 bridgehead atoms. The summed E-state index contributed by atoms with van der Waals surface area (Å²) in [6.45, 7) is 8.88. The summed E-state index contributed by atoms with van der Waals surface area (Å²) < 4.78 is 0. The van der Waals surface area contributed by atoms with Crippen LogP contribution >= 0.6 is 0 Å². The molecule has 0 aromatic heterocycles. The lowest BCUT2D eigenvalue weighted by molar-refractivity contribution is 0.124. The van der Waals surface area contributed by atoms with E-state index in [1.807, 2.05) is 0 Å². The number of hydrogen-bond acceptors (Lipinski definition) is 4. The highest BCUT2D eigenvalue weighted by atomic mass is 16.2. The molecule has 0 unspecified atom stereocenters. The number of likely N-dealkylation sites (N-methyl/N-ethyl adjacent to an activating group) is 1. The summed E-state index contributed by atoms with van der Waals surface area (Å²) in [5.74, 6) is 0. The smallest absolute Gasteiger partial charge is 0.0431 e. The van der Waals surface area contributed by atoms with Crippen molar-refractivity contribution in [2.75, 3.05) is 66.5 Å². The van der Waals surface area contributed by atoms with E-state index in [0.29, 0.717) is 6.61 Å². The molecule has 108 valence electrons. The SMILES string of the molecule is CN(C)CCN1CCN(CCCCCCO)CC1. The third-order valence-electron chi connectivity index (χ3n) is 3.71. The standard InChI is InChI=1S/C14H31N3O/c1-15(2)8-9-17-12-10-16(11-13-17)7-5-3-4-6-14-18/h18H,3-14H2,1-2H3. The molecule has 0 radical (unpaired) electrons. The van der Waals surface area contributed by atoms with E-state index in [1.165, 1.54) is 65.1 Å². The van der Waals surface area contributed by atoms with Crippen LogP contribution < -0.4 is 0 Å². The fourth-order valence-electron chi connectivity index (χ4n) is 2.38. The Labute approximate surface area is 113 Å². The van der Waals surface area contributed by atoms with Crippen molar-refractivity contribution >= 4 is 0 Å². The van der Waals surface area contributed by atoms with Gasteiger partial charge in [0.15, 0.2) is 0 Å². The number of hydrogen-bond donors (Lipinski definition) is 1. The Morgan fingerprint density at radius 1 is 0.833 bits per heavy atom. The lowest BCUT2D eigenvalue weighted by atomic mass is 10.2. The topological polar surface area (TPSA) is 30.0 Å². The van der Waals surface area contributed by atoms with Crippen molar-refractivity contribution in [1.82, 2.24) is 14.7 Å². The molecule has 1 aliphatic heterocycles. The zero-order valence-corrected chi connectivity index (χ0v) is 12.3. The first-order valence-corrected chi connectivity index (χ1v) is 7.42. The molecule has 1 fully saturated rings. The average Bonchev–Trinajstić information content (AvgIpc) is 2.37. The van der Waals surface area contributed by atoms with Crippen molar-refractivity contribution < 1.29 is 5.11 Å². The van der Waals surface area contributed by atoms with Crippen LogP contribution in [0.3, 0.4) is 0 Å². The summed E-state index contributed by atoms with van der Waals surface area (Å²) in [6.07, 6.45) is 4.71. The molecule has 4 nitrogen and oxygen atoms in total. The van der Waals surface area contributed by atoms with Gasteiger partial charge in [-0.2, -0.15) is 0 Å². The summed E-state index contributed by atoms with van der Waals surface area (Å²) >= 11 is 0. The zero-order chi connectivity index (χ0) is 13.2. The van der Waals surface area contributed by atoms with Gasteiger partial charge in [0.05, 0.1) is 0 Å². The summed E-state index contributed by atoms with van der Waals surface area (Å²) in [7, 11) is 4.28. The molecule has 0 spiro atoms. The van der Waals surface area contributed by atoms with Gasteiger partial charge in [0, 0.05) is 45.9 Å². The fourth-order valence-corrected chi connectivity index (χ4v) is 2.38. The highest BCUT2D eigenvalue weighted by molar-refractivity contribution is 4.72. The van der Waals surface area contributed by atoms with E-state index in [-0.39, 0.29) is 0 Å². The maximum atomic E-state index is 8.71. The Balaban J connectivity index is 1.98. The quantitative estimate of drug-likeness (QED) is 0.617. The molecule has 1 rings (SSSR count). The fraction of sp³-hybridized carbons (Fsp3) is 1.00. The van der Waals surface area contributed by atoms with E-state index in [1.54, 1.807) is 0 Å². The van der Waals surface area contributed by atoms with Crippen molar-refractivity contribution in [3.8, 4) is 0 Å². The van der Waals surface area contributed by atoms with E-state index in [0.717, 1.165) is 6.42 Å². The third-order valence-corrected chi connectivity index (χ3v) is 3.71. The maximum Gasteiger partial charge on any atom is 0.0431 e. The number of nitrogens with zero attached hydrogens (tertiary/aromatic N) is 3. The second kappa shape index (κ2) is 9.73. The summed E-state index contributed by atoms with van der Waals surface area (Å²) in [4.78, 5) is 7.42. The van der Waals surface area contributed by atoms with Crippen LogP contribution in [0.2, 0.25) is 0 Å². The van der Waals surface area contributed by atoms with Crippen molar-refractivity contribution in [2.45, 2.75) is 25.7 Å². The summed E-state index contributed by atoms with van der Waals surface area (Å²) in [6, 6.07) is 0. The molecular weight excluding hydrogens is 226 g/mol. The van der Waals surface area contributed by atoms with Gasteiger partial charge in [-0.25, -0.2) is 0 Å². The van der Waals surface area contributed by atoms with Gasteiger partial charge >= 0.3 is 0 Å². The minimum absolute atomic E-state index is 0.352. The van der Waals surface area contributed by atoms with Gasteiger partial charge in [-0.15, -0.1) is 0 Å². The van der Waals surface area contributed by atoms with E-state index in [2.05, 4.69) is 28.8 Å². The average molecular weight is 257 g/mol. The van der Waals surface area contributed by atoms with Crippen LogP contribution in [0.15, 0.2) is 0 Å². The molecule has 1 heterocycles. The molecule has 18 heavy (non-hydrogen) atoms. The number of aliphatic hydroxyl groups is 1. The highest BCUT2D eigenvalue weighted by Crippen LogP contribution is 2.05. The minimum Gasteiger partial charge on any atom is -0.396 e. The van der Waals surface area contributed by atoms with Crippen LogP contribution in [-0.4, -0.2) is 86.3 Å². The Hall–Kier alpha value is -0.160. The molecule has 1 aliphatic rings. The van der Waals surface area contributed by atoms with Crippen molar-refractivity contribution in [1.29, 1.82) is 0 Å². The first kappa shape index (κ1) is 15.9. The van der Waals surface area contributed by atoms with Crippen molar-refractivity contribution in [3.05, 3.63) is 0 Å². The highest BCUT2D eigenvalue weighted by Gasteiger charge is 2.15. The van der Waals surface area contributed by atoms with Crippen LogP contribution in [0, 0.1) is 0 Å². The Morgan fingerprint density at radius 2 is 1.39 bits per heavy atom. The van der Waals surface area contributed by atoms with Crippen LogP contribution in [0.5, 0.6) is 0 Å². The van der Waals surface area contributed by atoms with E-state index in [4.69, 9.17) is 5.11 Å². The van der Waals surface area contributed by atoms with E-state index in [9.17, 15) is 0 Å². The molecule has 4 heteroatoms. The largest absolute Gasteiger partial charge is 0.396 e. The lowest BCUT2D eigenvalue weighted by Gasteiger charge is -2.35. The van der Waals surface area contributed by atoms with Crippen LogP contribution in [0.4, 0.5) is 0 Å². The third kappa shape index (κ3) is 7.31. The van der Waals surface area contributed by atoms with E-state index >= 15 is 0 Å². The first-order chi connectivity index (χ1) is 8.72. The predicted molar refractivity (Wildman–Crippen MR) is 77.0 cm³/mol. The monoisotopic (exact) mass is 257 g/mol. The van der Waals surface area contributed by atoms with Gasteiger partial charge in [0.2, 0.25) is 0 Å². The lowest BCUT2D eigenvalue weighted by Crippen LogP contribution is -2.48. The van der Waals surface area contributed by atoms with Gasteiger partial charge in [0.25, 0.3) is 0 Å². The Kier molecular flexibility index (Phi) is 8.59. The van der Waals surface area contributed by atoms with Crippen LogP contribution in [-0.2, 0) is 0 Å². The van der Waals surface area contributed by atoms with Gasteiger partial charge in [-0.3, -0.25) is 4.90 Å². The number of rotatable bonds is 9. The maximum absolute atomic E-state index is 8.71. The molecule has 0 aromatic rings. The molecule has 0 atom stereocenters. The van der Waals surface area contributed by atoms with Crippen molar-refractivity contribution in [3.63, 3.8) is 0 Å². The van der Waals surface area contributed by atoms with E-state index < -0.39 is 0 Å². The molecule has 1 N–H and O–H groups in total. The van der Waals surface area contributed by atoms with Gasteiger partial charge in [0.1, 0.15) is 0 Å². The minimum atomic E-state index is 0.352. The van der Waals surface area contributed by atoms with Gasteiger partial charge < -0.3 is 14.9 Å². The normalized spacial score (nSPS) is 18.7. The molecule has 0 amide bonds. The summed E-state index contributed by atoms with van der Waals surface area (Å²) in [5, 5.41) is 8.71. The van der Waals surface area contributed by atoms with Gasteiger partial charge in [-0.05, 0) is 33.5 Å². The predicted octanol–water partition coefficient (Wildman–Crippen LogP) is 0.718. The van der Waals surface area contributed by atoms with Crippen molar-refractivity contribution in [2.24, 2.45) is 0 Å². The molecule has 0 aliphatic carbocycles. The van der Waals surface area contributed by atoms with Crippen LogP contribution in [0.25, 0.3) is 0 Å². The zero-order valence-electron chi connectivity index (χ0n) is 12.3. The number of aliphatic hydroxyl groups excluding tert-OH is 1. The van der Waals surface area contributed by atoms with Gasteiger partial charge in [-0.1, -0.05) is 12.8 Å². The Bertz CT molecular complexity index is 191. The number of piperazine rings is 1. The summed E-state index contributed by atoms with van der Waals surface area (Å²) in [5.41, 5.74) is 0. The second-order valence-corrected chi connectivity index (χ2v) is 5.62. The first-order valence-electron chi connectivity index (χ1n) is 7.42. The molecule has 0 aromatic carbocycles. The molecule has 1 saturated heterocycles. The number of unbranched alkanes of at least 4 members (excludes halogenated alkanes) is 3. The molecule has 0 saturated carbocycles. The van der Waals surface area contributed by atoms with Crippen LogP contribution in [0.1, 0.15) is 25.7 Å². The second-order valence-electron chi connectivity index (χ2n) is 5.62. The molecular formula is C14H31N3O. The Morgan fingerprint density at radius 3 is 1.94 bits per heavy atom.